The first-order valence-electron chi connectivity index (χ1n) is 7.06. The number of nitriles is 1. The molecule has 22 heavy (non-hydrogen) atoms. The number of halogens is 1. The molecule has 3 atom stereocenters. The van der Waals surface area contributed by atoms with E-state index in [4.69, 9.17) is 16.3 Å². The van der Waals surface area contributed by atoms with Crippen molar-refractivity contribution in [3.63, 3.8) is 0 Å². The van der Waals surface area contributed by atoms with Crippen LogP contribution in [0.3, 0.4) is 0 Å². The number of ether oxygens (including phenoxy) is 1. The van der Waals surface area contributed by atoms with Crippen molar-refractivity contribution in [1.82, 2.24) is 0 Å². The summed E-state index contributed by atoms with van der Waals surface area (Å²) in [5.74, 6) is -0.336. The average molecular weight is 316 g/mol. The van der Waals surface area contributed by atoms with Crippen molar-refractivity contribution in [2.45, 2.75) is 25.9 Å². The predicted molar refractivity (Wildman–Crippen MR) is 80.8 cm³/mol. The van der Waals surface area contributed by atoms with Gasteiger partial charge in [-0.05, 0) is 25.1 Å². The molecule has 0 spiro atoms. The maximum Gasteiger partial charge on any atom is 0.191 e. The number of allylic oxidation sites excluding steroid dienone is 1. The van der Waals surface area contributed by atoms with Gasteiger partial charge < -0.3 is 9.53 Å². The van der Waals surface area contributed by atoms with Gasteiger partial charge in [0.05, 0.1) is 11.6 Å². The van der Waals surface area contributed by atoms with E-state index < -0.39 is 17.4 Å². The molecule has 112 valence electrons. The van der Waals surface area contributed by atoms with Gasteiger partial charge in [0.1, 0.15) is 18.1 Å². The number of carbonyl (C=O) groups is 2. The van der Waals surface area contributed by atoms with E-state index in [1.807, 2.05) is 13.0 Å². The van der Waals surface area contributed by atoms with Gasteiger partial charge in [-0.1, -0.05) is 23.3 Å². The van der Waals surface area contributed by atoms with E-state index in [2.05, 4.69) is 6.07 Å². The van der Waals surface area contributed by atoms with Gasteiger partial charge in [-0.15, -0.1) is 0 Å². The molecule has 1 aromatic rings. The minimum atomic E-state index is -1.36. The standard InChI is InChI=1S/C17H14ClNO3/c1-10-6-11(4-5-20)17(9-19)15(7-10)22-14-3-2-12(18)8-13(14)16(17)21/h2-3,5-6,8,11,15H,4,7H2,1H3/t11-,15-,17+/m0/s1. The third-order valence-electron chi connectivity index (χ3n) is 4.45. The topological polar surface area (TPSA) is 67.2 Å². The van der Waals surface area contributed by atoms with Gasteiger partial charge in [-0.25, -0.2) is 0 Å². The van der Waals surface area contributed by atoms with E-state index in [0.29, 0.717) is 22.8 Å². The summed E-state index contributed by atoms with van der Waals surface area (Å²) in [4.78, 5) is 24.0. The fourth-order valence-electron chi connectivity index (χ4n) is 3.41. The van der Waals surface area contributed by atoms with E-state index in [9.17, 15) is 14.9 Å². The van der Waals surface area contributed by atoms with E-state index in [1.54, 1.807) is 12.1 Å². The van der Waals surface area contributed by atoms with Gasteiger partial charge in [0.15, 0.2) is 11.2 Å². The normalized spacial score (nSPS) is 29.5. The average Bonchev–Trinajstić information content (AvgIpc) is 2.48. The fraction of sp³-hybridized carbons (Fsp3) is 0.353. The second-order valence-electron chi connectivity index (χ2n) is 5.78. The molecule has 0 radical (unpaired) electrons. The molecule has 1 aliphatic heterocycles. The van der Waals surface area contributed by atoms with Crippen LogP contribution in [0.4, 0.5) is 0 Å². The Bertz CT molecular complexity index is 734. The first-order valence-corrected chi connectivity index (χ1v) is 7.44. The molecule has 0 saturated heterocycles. The molecule has 3 rings (SSSR count). The zero-order chi connectivity index (χ0) is 15.9. The van der Waals surface area contributed by atoms with Crippen LogP contribution in [0.25, 0.3) is 0 Å². The Kier molecular flexibility index (Phi) is 3.54. The maximum atomic E-state index is 13.0. The van der Waals surface area contributed by atoms with Crippen LogP contribution in [0.2, 0.25) is 5.02 Å². The molecular weight excluding hydrogens is 302 g/mol. The van der Waals surface area contributed by atoms with Crippen LogP contribution >= 0.6 is 11.6 Å². The number of nitrogens with zero attached hydrogens (tertiary/aromatic N) is 1. The molecule has 0 fully saturated rings. The summed E-state index contributed by atoms with van der Waals surface area (Å²) >= 11 is 5.97. The quantitative estimate of drug-likeness (QED) is 0.620. The summed E-state index contributed by atoms with van der Waals surface area (Å²) in [6, 6.07) is 7.00. The molecule has 2 aliphatic rings. The Hall–Kier alpha value is -2.12. The van der Waals surface area contributed by atoms with Gasteiger partial charge in [0.25, 0.3) is 0 Å². The highest BCUT2D eigenvalue weighted by Gasteiger charge is 2.57. The van der Waals surface area contributed by atoms with Crippen LogP contribution in [0.5, 0.6) is 5.75 Å². The van der Waals surface area contributed by atoms with Crippen LogP contribution in [0.1, 0.15) is 30.1 Å². The van der Waals surface area contributed by atoms with Crippen LogP contribution < -0.4 is 4.74 Å². The molecule has 0 unspecified atom stereocenters. The van der Waals surface area contributed by atoms with Gasteiger partial charge in [0, 0.05) is 23.8 Å². The lowest BCUT2D eigenvalue weighted by molar-refractivity contribution is -0.109. The molecule has 0 saturated carbocycles. The summed E-state index contributed by atoms with van der Waals surface area (Å²) in [7, 11) is 0. The molecule has 5 heteroatoms. The summed E-state index contributed by atoms with van der Waals surface area (Å²) < 4.78 is 5.94. The van der Waals surface area contributed by atoms with Crippen LogP contribution in [0, 0.1) is 22.7 Å². The zero-order valence-corrected chi connectivity index (χ0v) is 12.8. The molecule has 0 aromatic heterocycles. The highest BCUT2D eigenvalue weighted by Crippen LogP contribution is 2.50. The van der Waals surface area contributed by atoms with Crippen molar-refractivity contribution in [1.29, 1.82) is 5.26 Å². The molecular formula is C17H14ClNO3. The lowest BCUT2D eigenvalue weighted by Gasteiger charge is -2.44. The summed E-state index contributed by atoms with van der Waals surface area (Å²) in [6.45, 7) is 1.92. The van der Waals surface area contributed by atoms with Crippen molar-refractivity contribution < 1.29 is 14.3 Å². The number of aldehydes is 1. The largest absolute Gasteiger partial charge is 0.487 e. The SMILES string of the molecule is CC1=C[C@H](CC=O)[C@@]2(C#N)C(=O)c3cc(Cl)ccc3O[C@H]2C1. The van der Waals surface area contributed by atoms with Gasteiger partial charge in [0.2, 0.25) is 0 Å². The molecule has 0 amide bonds. The van der Waals surface area contributed by atoms with Crippen molar-refractivity contribution in [2.75, 3.05) is 0 Å². The predicted octanol–water partition coefficient (Wildman–Crippen LogP) is 3.35. The third kappa shape index (κ3) is 1.97. The minimum absolute atomic E-state index is 0.117. The highest BCUT2D eigenvalue weighted by atomic mass is 35.5. The van der Waals surface area contributed by atoms with E-state index in [0.717, 1.165) is 11.9 Å². The Morgan fingerprint density at radius 3 is 3.00 bits per heavy atom. The number of ketones is 1. The molecule has 0 bridgehead atoms. The zero-order valence-electron chi connectivity index (χ0n) is 12.0. The third-order valence-corrected chi connectivity index (χ3v) is 4.69. The second kappa shape index (κ2) is 5.26. The number of Topliss-reactive ketones (excluding diaryl/α,β-unsaturated/α-hetero) is 1. The highest BCUT2D eigenvalue weighted by molar-refractivity contribution is 6.31. The van der Waals surface area contributed by atoms with E-state index in [-0.39, 0.29) is 12.2 Å². The van der Waals surface area contributed by atoms with E-state index >= 15 is 0 Å². The van der Waals surface area contributed by atoms with Gasteiger partial charge >= 0.3 is 0 Å². The Morgan fingerprint density at radius 2 is 2.32 bits per heavy atom. The van der Waals surface area contributed by atoms with Crippen molar-refractivity contribution in [2.24, 2.45) is 11.3 Å². The number of rotatable bonds is 2. The number of hydrogen-bond donors (Lipinski definition) is 0. The summed E-state index contributed by atoms with van der Waals surface area (Å²) in [5, 5.41) is 10.2. The Labute approximate surface area is 133 Å². The lowest BCUT2D eigenvalue weighted by Crippen LogP contribution is -2.54. The van der Waals surface area contributed by atoms with Crippen LogP contribution in [-0.2, 0) is 4.79 Å². The van der Waals surface area contributed by atoms with Crippen LogP contribution in [-0.4, -0.2) is 18.2 Å². The van der Waals surface area contributed by atoms with E-state index in [1.165, 1.54) is 6.07 Å². The monoisotopic (exact) mass is 315 g/mol. The first kappa shape index (κ1) is 14.8. The number of fused-ring (bicyclic) bond motifs is 2. The van der Waals surface area contributed by atoms with Gasteiger partial charge in [-0.2, -0.15) is 5.26 Å². The molecule has 1 heterocycles. The molecule has 1 aliphatic carbocycles. The number of benzene rings is 1. The van der Waals surface area contributed by atoms with Crippen LogP contribution in [0.15, 0.2) is 29.8 Å². The minimum Gasteiger partial charge on any atom is -0.487 e. The number of carbonyl (C=O) groups excluding carboxylic acids is 2. The second-order valence-corrected chi connectivity index (χ2v) is 6.22. The molecule has 0 N–H and O–H groups in total. The maximum absolute atomic E-state index is 13.0. The first-order chi connectivity index (χ1) is 10.5. The van der Waals surface area contributed by atoms with Crippen molar-refractivity contribution in [3.8, 4) is 11.8 Å². The lowest BCUT2D eigenvalue weighted by atomic mass is 9.61. The van der Waals surface area contributed by atoms with Crippen molar-refractivity contribution in [3.05, 3.63) is 40.4 Å². The molecule has 4 nitrogen and oxygen atoms in total. The smallest absolute Gasteiger partial charge is 0.191 e. The Balaban J connectivity index is 2.19. The fourth-order valence-corrected chi connectivity index (χ4v) is 3.58. The van der Waals surface area contributed by atoms with Crippen molar-refractivity contribution >= 4 is 23.7 Å². The summed E-state index contributed by atoms with van der Waals surface area (Å²) in [6.07, 6.45) is 2.64. The molecule has 1 aromatic carbocycles. The number of hydrogen-bond acceptors (Lipinski definition) is 4. The Morgan fingerprint density at radius 1 is 1.55 bits per heavy atom. The summed E-state index contributed by atoms with van der Waals surface area (Å²) in [5.41, 5.74) is -0.0277. The van der Waals surface area contributed by atoms with Gasteiger partial charge in [-0.3, -0.25) is 4.79 Å².